The van der Waals surface area contributed by atoms with Crippen molar-refractivity contribution < 1.29 is 4.79 Å². The molecule has 0 unspecified atom stereocenters. The van der Waals surface area contributed by atoms with Gasteiger partial charge in [0.05, 0.1) is 6.04 Å². The Hall–Kier alpha value is -2.14. The summed E-state index contributed by atoms with van der Waals surface area (Å²) in [5, 5.41) is 4.39. The summed E-state index contributed by atoms with van der Waals surface area (Å²) in [5.41, 5.74) is 2.12. The fraction of sp³-hybridized carbons (Fsp3) is 0.545. The molecule has 0 N–H and O–H groups in total. The van der Waals surface area contributed by atoms with E-state index in [4.69, 9.17) is 0 Å². The maximum absolute atomic E-state index is 13.6. The Morgan fingerprint density at radius 1 is 1.11 bits per heavy atom. The number of fused-ring (bicyclic) bond motifs is 2. The van der Waals surface area contributed by atoms with Crippen molar-refractivity contribution in [1.82, 2.24) is 19.6 Å². The molecule has 0 spiro atoms. The predicted molar refractivity (Wildman–Crippen MR) is 105 cm³/mol. The number of carbonyl (C=O) groups is 1. The number of piperidine rings is 3. The van der Waals surface area contributed by atoms with E-state index in [0.717, 1.165) is 25.2 Å². The number of nitrogens with zero attached hydrogens (tertiary/aromatic N) is 4. The van der Waals surface area contributed by atoms with Gasteiger partial charge in [-0.2, -0.15) is 5.10 Å². The summed E-state index contributed by atoms with van der Waals surface area (Å²) in [6, 6.07) is 13.5. The van der Waals surface area contributed by atoms with Crippen LogP contribution in [0.1, 0.15) is 48.2 Å². The molecule has 0 saturated carbocycles. The molecular formula is C22H28N4O. The first kappa shape index (κ1) is 17.0. The molecule has 0 aliphatic carbocycles. The van der Waals surface area contributed by atoms with Gasteiger partial charge in [0, 0.05) is 31.2 Å². The van der Waals surface area contributed by atoms with Crippen LogP contribution in [0.5, 0.6) is 0 Å². The zero-order chi connectivity index (χ0) is 18.4. The van der Waals surface area contributed by atoms with Gasteiger partial charge in [0.25, 0.3) is 5.91 Å². The van der Waals surface area contributed by atoms with Gasteiger partial charge in [0.15, 0.2) is 0 Å². The van der Waals surface area contributed by atoms with Crippen LogP contribution < -0.4 is 0 Å². The standard InChI is InChI=1S/C22H28N4O/c1-2-12-26-19(8-11-23-26)22(27)25-15-18(16-6-4-3-5-7-16)21-20(25)17-9-13-24(21)14-10-17/h3-8,11,17-18,20-21H,2,9-10,12-15H2,1H3/t18-,20+,21+/m0/s1. The molecule has 1 aromatic carbocycles. The van der Waals surface area contributed by atoms with E-state index in [2.05, 4.69) is 52.2 Å². The average molecular weight is 364 g/mol. The molecule has 5 heteroatoms. The Labute approximate surface area is 161 Å². The molecule has 4 aliphatic heterocycles. The normalized spacial score (nSPS) is 31.9. The van der Waals surface area contributed by atoms with Crippen LogP contribution in [0, 0.1) is 5.92 Å². The number of hydrogen-bond acceptors (Lipinski definition) is 3. The van der Waals surface area contributed by atoms with E-state index in [-0.39, 0.29) is 5.91 Å². The first-order valence-corrected chi connectivity index (χ1v) is 10.4. The largest absolute Gasteiger partial charge is 0.332 e. The molecule has 5 heterocycles. The van der Waals surface area contributed by atoms with Gasteiger partial charge >= 0.3 is 0 Å². The van der Waals surface area contributed by atoms with E-state index in [9.17, 15) is 4.79 Å². The third-order valence-corrected chi connectivity index (χ3v) is 6.85. The van der Waals surface area contributed by atoms with Gasteiger partial charge in [-0.1, -0.05) is 37.3 Å². The van der Waals surface area contributed by atoms with Crippen molar-refractivity contribution in [2.75, 3.05) is 19.6 Å². The molecule has 4 aliphatic rings. The van der Waals surface area contributed by atoms with Crippen LogP contribution in [0.4, 0.5) is 0 Å². The molecule has 2 aromatic rings. The lowest BCUT2D eigenvalue weighted by atomic mass is 9.75. The molecule has 6 rings (SSSR count). The molecule has 3 atom stereocenters. The maximum atomic E-state index is 13.6. The molecule has 2 bridgehead atoms. The van der Waals surface area contributed by atoms with Crippen molar-refractivity contribution in [2.45, 2.75) is 50.7 Å². The minimum absolute atomic E-state index is 0.170. The van der Waals surface area contributed by atoms with Crippen LogP contribution in [-0.4, -0.2) is 57.2 Å². The number of carbonyl (C=O) groups excluding carboxylic acids is 1. The van der Waals surface area contributed by atoms with Crippen molar-refractivity contribution in [3.63, 3.8) is 0 Å². The lowest BCUT2D eigenvalue weighted by molar-refractivity contribution is -0.00376. The van der Waals surface area contributed by atoms with Gasteiger partial charge in [-0.25, -0.2) is 0 Å². The summed E-state index contributed by atoms with van der Waals surface area (Å²) in [5.74, 6) is 1.22. The van der Waals surface area contributed by atoms with Crippen LogP contribution in [0.2, 0.25) is 0 Å². The van der Waals surface area contributed by atoms with Crippen molar-refractivity contribution >= 4 is 5.91 Å². The minimum atomic E-state index is 0.170. The van der Waals surface area contributed by atoms with Gasteiger partial charge < -0.3 is 4.90 Å². The van der Waals surface area contributed by atoms with E-state index in [0.29, 0.717) is 23.9 Å². The number of benzene rings is 1. The molecule has 4 saturated heterocycles. The zero-order valence-electron chi connectivity index (χ0n) is 16.0. The summed E-state index contributed by atoms with van der Waals surface area (Å²) < 4.78 is 1.88. The van der Waals surface area contributed by atoms with Gasteiger partial charge in [0.2, 0.25) is 0 Å². The monoisotopic (exact) mass is 364 g/mol. The molecule has 0 radical (unpaired) electrons. The van der Waals surface area contributed by atoms with Crippen LogP contribution in [-0.2, 0) is 6.54 Å². The van der Waals surface area contributed by atoms with E-state index >= 15 is 0 Å². The fourth-order valence-corrected chi connectivity index (χ4v) is 5.70. The highest BCUT2D eigenvalue weighted by Gasteiger charge is 2.54. The summed E-state index contributed by atoms with van der Waals surface area (Å²) in [6.07, 6.45) is 5.19. The van der Waals surface area contributed by atoms with E-state index in [1.807, 2.05) is 10.7 Å². The Morgan fingerprint density at radius 2 is 1.89 bits per heavy atom. The van der Waals surface area contributed by atoms with Crippen molar-refractivity contribution in [2.24, 2.45) is 5.92 Å². The smallest absolute Gasteiger partial charge is 0.272 e. The van der Waals surface area contributed by atoms with Crippen molar-refractivity contribution in [3.05, 3.63) is 53.9 Å². The first-order valence-electron chi connectivity index (χ1n) is 10.4. The zero-order valence-corrected chi connectivity index (χ0v) is 16.0. The van der Waals surface area contributed by atoms with Crippen LogP contribution in [0.25, 0.3) is 0 Å². The van der Waals surface area contributed by atoms with E-state index in [1.165, 1.54) is 31.5 Å². The summed E-state index contributed by atoms with van der Waals surface area (Å²) in [6.45, 7) is 6.12. The van der Waals surface area contributed by atoms with Crippen molar-refractivity contribution in [3.8, 4) is 0 Å². The first-order chi connectivity index (χ1) is 13.3. The third kappa shape index (κ3) is 2.71. The number of aryl methyl sites for hydroxylation is 1. The molecule has 5 nitrogen and oxygen atoms in total. The molecule has 142 valence electrons. The second-order valence-corrected chi connectivity index (χ2v) is 8.27. The Morgan fingerprint density at radius 3 is 2.63 bits per heavy atom. The van der Waals surface area contributed by atoms with Crippen LogP contribution >= 0.6 is 0 Å². The van der Waals surface area contributed by atoms with Crippen LogP contribution in [0.3, 0.4) is 0 Å². The third-order valence-electron chi connectivity index (χ3n) is 6.85. The predicted octanol–water partition coefficient (Wildman–Crippen LogP) is 3.00. The van der Waals surface area contributed by atoms with Crippen LogP contribution in [0.15, 0.2) is 42.6 Å². The average Bonchev–Trinajstić information content (AvgIpc) is 3.35. The Balaban J connectivity index is 1.51. The highest BCUT2D eigenvalue weighted by molar-refractivity contribution is 5.93. The van der Waals surface area contributed by atoms with Gasteiger partial charge in [-0.3, -0.25) is 14.4 Å². The molecule has 4 fully saturated rings. The second-order valence-electron chi connectivity index (χ2n) is 8.27. The van der Waals surface area contributed by atoms with Gasteiger partial charge in [-0.15, -0.1) is 0 Å². The van der Waals surface area contributed by atoms with Gasteiger partial charge in [-0.05, 0) is 49.9 Å². The highest BCUT2D eigenvalue weighted by Crippen LogP contribution is 2.46. The van der Waals surface area contributed by atoms with E-state index in [1.54, 1.807) is 6.20 Å². The molecule has 27 heavy (non-hydrogen) atoms. The second kappa shape index (κ2) is 6.79. The molecule has 1 aromatic heterocycles. The number of aromatic nitrogens is 2. The topological polar surface area (TPSA) is 41.4 Å². The summed E-state index contributed by atoms with van der Waals surface area (Å²) >= 11 is 0. The Kier molecular flexibility index (Phi) is 4.27. The number of likely N-dealkylation sites (tertiary alicyclic amines) is 1. The highest BCUT2D eigenvalue weighted by atomic mass is 16.2. The molecular weight excluding hydrogens is 336 g/mol. The summed E-state index contributed by atoms with van der Waals surface area (Å²) in [4.78, 5) is 18.4. The lowest BCUT2D eigenvalue weighted by Crippen LogP contribution is -2.60. The summed E-state index contributed by atoms with van der Waals surface area (Å²) in [7, 11) is 0. The van der Waals surface area contributed by atoms with E-state index < -0.39 is 0 Å². The SMILES string of the molecule is CCCn1nccc1C(=O)N1C[C@@H](c2ccccc2)[C@@H]2[C@H]1C1CCN2CC1. The quantitative estimate of drug-likeness (QED) is 0.837. The minimum Gasteiger partial charge on any atom is -0.332 e. The number of hydrogen-bond donors (Lipinski definition) is 0. The van der Waals surface area contributed by atoms with Gasteiger partial charge in [0.1, 0.15) is 5.69 Å². The Bertz CT molecular complexity index is 809. The van der Waals surface area contributed by atoms with Crippen molar-refractivity contribution in [1.29, 1.82) is 0 Å². The lowest BCUT2D eigenvalue weighted by Gasteiger charge is -2.51. The number of amides is 1. The maximum Gasteiger partial charge on any atom is 0.272 e. The molecule has 1 amide bonds. The fourth-order valence-electron chi connectivity index (χ4n) is 5.70. The number of rotatable bonds is 4.